The van der Waals surface area contributed by atoms with Crippen molar-refractivity contribution in [2.24, 2.45) is 0 Å². The standard InChI is InChI=1S/C14H13N3O2S2/c1-2-8-20-13-11(9-15)12(21-17-13)16-14(18)19-10-6-4-3-5-7-10/h3-7H,2,8H2,1H3,(H,16,18). The minimum Gasteiger partial charge on any atom is -0.410 e. The van der Waals surface area contributed by atoms with Crippen LogP contribution in [0.4, 0.5) is 9.80 Å². The molecule has 1 amide bonds. The van der Waals surface area contributed by atoms with Gasteiger partial charge < -0.3 is 4.74 Å². The highest BCUT2D eigenvalue weighted by atomic mass is 32.2. The number of aromatic nitrogens is 1. The molecule has 2 aromatic rings. The van der Waals surface area contributed by atoms with Gasteiger partial charge >= 0.3 is 6.09 Å². The molecule has 0 spiro atoms. The number of anilines is 1. The molecule has 0 aliphatic carbocycles. The normalized spacial score (nSPS) is 9.90. The van der Waals surface area contributed by atoms with E-state index in [-0.39, 0.29) is 0 Å². The van der Waals surface area contributed by atoms with Crippen LogP contribution in [0.2, 0.25) is 0 Å². The molecule has 0 fully saturated rings. The van der Waals surface area contributed by atoms with Crippen molar-refractivity contribution in [1.82, 2.24) is 4.37 Å². The van der Waals surface area contributed by atoms with Crippen molar-refractivity contribution in [3.63, 3.8) is 0 Å². The fourth-order valence-corrected chi connectivity index (χ4v) is 3.18. The van der Waals surface area contributed by atoms with Gasteiger partial charge in [0, 0.05) is 0 Å². The summed E-state index contributed by atoms with van der Waals surface area (Å²) in [6.07, 6.45) is 0.361. The SMILES string of the molecule is CCCSc1nsc(NC(=O)Oc2ccccc2)c1C#N. The molecule has 0 radical (unpaired) electrons. The van der Waals surface area contributed by atoms with E-state index in [0.29, 0.717) is 21.3 Å². The molecule has 0 aliphatic rings. The van der Waals surface area contributed by atoms with E-state index < -0.39 is 6.09 Å². The number of para-hydroxylation sites is 1. The first kappa shape index (κ1) is 15.4. The van der Waals surface area contributed by atoms with Crippen molar-refractivity contribution in [3.8, 4) is 11.8 Å². The number of rotatable bonds is 5. The van der Waals surface area contributed by atoms with Gasteiger partial charge in [0.15, 0.2) is 0 Å². The largest absolute Gasteiger partial charge is 0.417 e. The number of thioether (sulfide) groups is 1. The molecule has 1 heterocycles. The molecule has 1 N–H and O–H groups in total. The van der Waals surface area contributed by atoms with Gasteiger partial charge in [0.1, 0.15) is 27.4 Å². The van der Waals surface area contributed by atoms with Crippen LogP contribution >= 0.6 is 23.3 Å². The molecule has 0 atom stereocenters. The molecule has 2 rings (SSSR count). The fraction of sp³-hybridized carbons (Fsp3) is 0.214. The minimum absolute atomic E-state index is 0.392. The van der Waals surface area contributed by atoms with Gasteiger partial charge in [-0.05, 0) is 35.8 Å². The van der Waals surface area contributed by atoms with Crippen molar-refractivity contribution in [1.29, 1.82) is 5.26 Å². The minimum atomic E-state index is -0.631. The maximum Gasteiger partial charge on any atom is 0.417 e. The summed E-state index contributed by atoms with van der Waals surface area (Å²) >= 11 is 2.59. The fourth-order valence-electron chi connectivity index (χ4n) is 1.47. The third kappa shape index (κ3) is 4.21. The Morgan fingerprint density at radius 2 is 2.24 bits per heavy atom. The van der Waals surface area contributed by atoms with Crippen LogP contribution in [-0.4, -0.2) is 16.2 Å². The Bertz CT molecular complexity index is 650. The molecule has 1 aromatic heterocycles. The van der Waals surface area contributed by atoms with E-state index in [1.165, 1.54) is 11.8 Å². The van der Waals surface area contributed by atoms with E-state index in [0.717, 1.165) is 23.7 Å². The second-order valence-corrected chi connectivity index (χ2v) is 5.84. The van der Waals surface area contributed by atoms with Gasteiger partial charge in [-0.15, -0.1) is 11.8 Å². The zero-order chi connectivity index (χ0) is 15.1. The lowest BCUT2D eigenvalue weighted by Gasteiger charge is -2.04. The van der Waals surface area contributed by atoms with Crippen LogP contribution in [-0.2, 0) is 0 Å². The van der Waals surface area contributed by atoms with Crippen LogP contribution in [0.3, 0.4) is 0 Å². The van der Waals surface area contributed by atoms with E-state index in [9.17, 15) is 10.1 Å². The Morgan fingerprint density at radius 1 is 1.48 bits per heavy atom. The van der Waals surface area contributed by atoms with Crippen LogP contribution in [0, 0.1) is 11.3 Å². The van der Waals surface area contributed by atoms with E-state index in [1.54, 1.807) is 24.3 Å². The van der Waals surface area contributed by atoms with Gasteiger partial charge in [0.25, 0.3) is 0 Å². The summed E-state index contributed by atoms with van der Waals surface area (Å²) in [6.45, 7) is 2.06. The summed E-state index contributed by atoms with van der Waals surface area (Å²) in [5.41, 5.74) is 0.392. The number of carbonyl (C=O) groups is 1. The molecule has 7 heteroatoms. The highest BCUT2D eigenvalue weighted by Gasteiger charge is 2.16. The summed E-state index contributed by atoms with van der Waals surface area (Å²) in [5.74, 6) is 1.32. The van der Waals surface area contributed by atoms with E-state index in [1.807, 2.05) is 6.07 Å². The second-order valence-electron chi connectivity index (χ2n) is 3.98. The number of nitrogens with zero attached hydrogens (tertiary/aromatic N) is 2. The molecular weight excluding hydrogens is 306 g/mol. The average Bonchev–Trinajstić information content (AvgIpc) is 2.87. The summed E-state index contributed by atoms with van der Waals surface area (Å²) in [5, 5.41) is 12.8. The molecular formula is C14H13N3O2S2. The second kappa shape index (κ2) is 7.67. The lowest BCUT2D eigenvalue weighted by Crippen LogP contribution is -2.16. The Labute approximate surface area is 131 Å². The Morgan fingerprint density at radius 3 is 2.90 bits per heavy atom. The van der Waals surface area contributed by atoms with E-state index in [2.05, 4.69) is 22.7 Å². The van der Waals surface area contributed by atoms with Gasteiger partial charge in [-0.25, -0.2) is 4.79 Å². The molecule has 0 saturated heterocycles. The van der Waals surface area contributed by atoms with Crippen molar-refractivity contribution >= 4 is 34.4 Å². The first-order chi connectivity index (χ1) is 10.2. The molecule has 0 saturated carbocycles. The predicted molar refractivity (Wildman–Crippen MR) is 83.9 cm³/mol. The number of benzene rings is 1. The maximum absolute atomic E-state index is 11.8. The lowest BCUT2D eigenvalue weighted by molar-refractivity contribution is 0.215. The zero-order valence-electron chi connectivity index (χ0n) is 11.3. The molecule has 108 valence electrons. The summed E-state index contributed by atoms with van der Waals surface area (Å²) in [6, 6.07) is 10.8. The van der Waals surface area contributed by atoms with Crippen LogP contribution in [0.1, 0.15) is 18.9 Å². The number of carbonyl (C=O) groups excluding carboxylic acids is 1. The molecule has 0 unspecified atom stereocenters. The van der Waals surface area contributed by atoms with E-state index in [4.69, 9.17) is 4.74 Å². The number of nitriles is 1. The Balaban J connectivity index is 2.04. The number of hydrogen-bond donors (Lipinski definition) is 1. The molecule has 1 aromatic carbocycles. The summed E-state index contributed by atoms with van der Waals surface area (Å²) in [7, 11) is 0. The number of ether oxygens (including phenoxy) is 1. The summed E-state index contributed by atoms with van der Waals surface area (Å²) < 4.78 is 9.32. The molecule has 5 nitrogen and oxygen atoms in total. The van der Waals surface area contributed by atoms with Gasteiger partial charge in [-0.3, -0.25) is 5.32 Å². The van der Waals surface area contributed by atoms with Crippen molar-refractivity contribution in [3.05, 3.63) is 35.9 Å². The number of amides is 1. The van der Waals surface area contributed by atoms with Crippen molar-refractivity contribution in [2.75, 3.05) is 11.1 Å². The first-order valence-electron chi connectivity index (χ1n) is 6.31. The predicted octanol–water partition coefficient (Wildman–Crippen LogP) is 4.13. The third-order valence-corrected chi connectivity index (χ3v) is 4.44. The van der Waals surface area contributed by atoms with Crippen LogP contribution in [0.15, 0.2) is 35.4 Å². The molecule has 21 heavy (non-hydrogen) atoms. The molecule has 0 bridgehead atoms. The highest BCUT2D eigenvalue weighted by molar-refractivity contribution is 7.99. The van der Waals surface area contributed by atoms with Gasteiger partial charge in [0.2, 0.25) is 0 Å². The van der Waals surface area contributed by atoms with Crippen LogP contribution < -0.4 is 10.1 Å². The van der Waals surface area contributed by atoms with Gasteiger partial charge in [0.05, 0.1) is 0 Å². The maximum atomic E-state index is 11.8. The van der Waals surface area contributed by atoms with Crippen molar-refractivity contribution in [2.45, 2.75) is 18.4 Å². The van der Waals surface area contributed by atoms with Gasteiger partial charge in [-0.1, -0.05) is 25.1 Å². The topological polar surface area (TPSA) is 75.0 Å². The smallest absolute Gasteiger partial charge is 0.410 e. The Kier molecular flexibility index (Phi) is 5.60. The Hall–Kier alpha value is -2.04. The van der Waals surface area contributed by atoms with E-state index >= 15 is 0 Å². The average molecular weight is 319 g/mol. The number of hydrogen-bond acceptors (Lipinski definition) is 6. The summed E-state index contributed by atoms with van der Waals surface area (Å²) in [4.78, 5) is 11.8. The quantitative estimate of drug-likeness (QED) is 0.839. The molecule has 0 aliphatic heterocycles. The van der Waals surface area contributed by atoms with Crippen LogP contribution in [0.5, 0.6) is 5.75 Å². The monoisotopic (exact) mass is 319 g/mol. The van der Waals surface area contributed by atoms with Crippen molar-refractivity contribution < 1.29 is 9.53 Å². The lowest BCUT2D eigenvalue weighted by atomic mass is 10.3. The zero-order valence-corrected chi connectivity index (χ0v) is 13.0. The van der Waals surface area contributed by atoms with Crippen LogP contribution in [0.25, 0.3) is 0 Å². The first-order valence-corrected chi connectivity index (χ1v) is 8.07. The third-order valence-electron chi connectivity index (χ3n) is 2.38. The number of nitrogens with one attached hydrogen (secondary N) is 1. The highest BCUT2D eigenvalue weighted by Crippen LogP contribution is 2.31. The van der Waals surface area contributed by atoms with Gasteiger partial charge in [-0.2, -0.15) is 9.64 Å².